The van der Waals surface area contributed by atoms with Crippen molar-refractivity contribution in [3.05, 3.63) is 51.3 Å². The first-order valence-corrected chi connectivity index (χ1v) is 8.77. The summed E-state index contributed by atoms with van der Waals surface area (Å²) in [6.45, 7) is 6.94. The summed E-state index contributed by atoms with van der Waals surface area (Å²) < 4.78 is 7.44. The maximum atomic E-state index is 13.2. The van der Waals surface area contributed by atoms with E-state index in [-0.39, 0.29) is 35.8 Å². The van der Waals surface area contributed by atoms with E-state index in [0.29, 0.717) is 5.69 Å². The Morgan fingerprint density at radius 1 is 1.14 bits per heavy atom. The second-order valence-electron chi connectivity index (χ2n) is 6.43. The number of imidazole rings is 1. The molecule has 2 aromatic heterocycles. The Hall–Kier alpha value is -3.49. The zero-order valence-corrected chi connectivity index (χ0v) is 16.1. The van der Waals surface area contributed by atoms with Crippen molar-refractivity contribution >= 4 is 23.0 Å². The molecule has 0 aliphatic heterocycles. The third-order valence-electron chi connectivity index (χ3n) is 4.46. The van der Waals surface area contributed by atoms with Gasteiger partial charge in [0.15, 0.2) is 11.3 Å². The Balaban J connectivity index is 2.40. The Labute approximate surface area is 160 Å². The molecule has 1 amide bonds. The number of carbonyl (C=O) groups excluding carboxylic acids is 2. The number of carbonyl (C=O) groups is 2. The predicted molar refractivity (Wildman–Crippen MR) is 102 cm³/mol. The van der Waals surface area contributed by atoms with Crippen LogP contribution in [-0.4, -0.2) is 37.6 Å². The molecule has 0 atom stereocenters. The Morgan fingerprint density at radius 2 is 1.86 bits per heavy atom. The van der Waals surface area contributed by atoms with E-state index in [4.69, 9.17) is 10.5 Å². The lowest BCUT2D eigenvalue weighted by molar-refractivity contribution is -0.143. The van der Waals surface area contributed by atoms with Gasteiger partial charge in [0.1, 0.15) is 17.9 Å². The van der Waals surface area contributed by atoms with Gasteiger partial charge in [0.2, 0.25) is 0 Å². The van der Waals surface area contributed by atoms with Crippen LogP contribution in [0.5, 0.6) is 0 Å². The van der Waals surface area contributed by atoms with Crippen LogP contribution >= 0.6 is 0 Å². The van der Waals surface area contributed by atoms with Gasteiger partial charge in [-0.25, -0.2) is 19.3 Å². The van der Waals surface area contributed by atoms with Crippen LogP contribution < -0.4 is 11.4 Å². The number of nitrogens with zero attached hydrogens (tertiary/aromatic N) is 4. The van der Waals surface area contributed by atoms with Crippen LogP contribution in [-0.2, 0) is 16.1 Å². The third-order valence-corrected chi connectivity index (χ3v) is 4.46. The zero-order chi connectivity index (χ0) is 20.6. The molecule has 146 valence electrons. The number of hydrogen-bond acceptors (Lipinski definition) is 6. The minimum Gasteiger partial charge on any atom is -0.465 e. The summed E-state index contributed by atoms with van der Waals surface area (Å²) in [5, 5.41) is 0. The van der Waals surface area contributed by atoms with Crippen molar-refractivity contribution in [2.45, 2.75) is 34.2 Å². The summed E-state index contributed by atoms with van der Waals surface area (Å²) in [6, 6.07) is 5.50. The molecule has 0 aliphatic rings. The van der Waals surface area contributed by atoms with Gasteiger partial charge in [0.05, 0.1) is 12.3 Å². The van der Waals surface area contributed by atoms with E-state index in [9.17, 15) is 14.4 Å². The van der Waals surface area contributed by atoms with E-state index in [1.54, 1.807) is 19.9 Å². The number of amides is 1. The summed E-state index contributed by atoms with van der Waals surface area (Å²) in [5.41, 5.74) is 7.75. The first-order valence-electron chi connectivity index (χ1n) is 8.77. The van der Waals surface area contributed by atoms with Crippen LogP contribution in [0.25, 0.3) is 16.9 Å². The number of rotatable bonds is 5. The van der Waals surface area contributed by atoms with E-state index < -0.39 is 17.6 Å². The third kappa shape index (κ3) is 3.26. The molecular weight excluding hydrogens is 362 g/mol. The Kier molecular flexibility index (Phi) is 5.00. The van der Waals surface area contributed by atoms with Gasteiger partial charge in [-0.2, -0.15) is 0 Å². The summed E-state index contributed by atoms with van der Waals surface area (Å²) in [6.07, 6.45) is 0. The van der Waals surface area contributed by atoms with Gasteiger partial charge in [-0.05, 0) is 51.0 Å². The van der Waals surface area contributed by atoms with Crippen molar-refractivity contribution in [1.29, 1.82) is 0 Å². The number of hydrogen-bond donors (Lipinski definition) is 1. The molecule has 2 N–H and O–H groups in total. The van der Waals surface area contributed by atoms with Gasteiger partial charge in [-0.15, -0.1) is 0 Å². The number of aryl methyl sites for hydroxylation is 3. The van der Waals surface area contributed by atoms with Crippen molar-refractivity contribution in [1.82, 2.24) is 19.1 Å². The lowest BCUT2D eigenvalue weighted by Gasteiger charge is -2.07. The highest BCUT2D eigenvalue weighted by Crippen LogP contribution is 2.21. The van der Waals surface area contributed by atoms with Crippen LogP contribution in [0.1, 0.15) is 34.4 Å². The second kappa shape index (κ2) is 7.26. The molecule has 0 radical (unpaired) electrons. The Bertz CT molecular complexity index is 1160. The molecule has 3 aromatic rings. The summed E-state index contributed by atoms with van der Waals surface area (Å²) >= 11 is 0. The molecule has 0 aliphatic carbocycles. The average Bonchev–Trinajstić information content (AvgIpc) is 2.88. The SMILES string of the molecule is CCOC(=O)Cn1c(=O)n(-c2ccc(C)c(C)c2)c2nc(C)nc(C(N)=O)c21. The van der Waals surface area contributed by atoms with Gasteiger partial charge in [-0.1, -0.05) is 6.07 Å². The molecule has 9 heteroatoms. The van der Waals surface area contributed by atoms with Gasteiger partial charge in [-0.3, -0.25) is 14.2 Å². The van der Waals surface area contributed by atoms with Crippen LogP contribution in [0.3, 0.4) is 0 Å². The summed E-state index contributed by atoms with van der Waals surface area (Å²) in [4.78, 5) is 45.7. The predicted octanol–water partition coefficient (Wildman–Crippen LogP) is 1.17. The molecule has 0 bridgehead atoms. The molecule has 0 saturated heterocycles. The molecule has 2 heterocycles. The molecule has 9 nitrogen and oxygen atoms in total. The smallest absolute Gasteiger partial charge is 0.335 e. The van der Waals surface area contributed by atoms with Crippen molar-refractivity contribution in [2.24, 2.45) is 5.73 Å². The molecule has 28 heavy (non-hydrogen) atoms. The average molecular weight is 383 g/mol. The largest absolute Gasteiger partial charge is 0.465 e. The normalized spacial score (nSPS) is 11.0. The highest BCUT2D eigenvalue weighted by molar-refractivity contribution is 6.02. The maximum Gasteiger partial charge on any atom is 0.335 e. The first-order chi connectivity index (χ1) is 13.2. The van der Waals surface area contributed by atoms with Crippen molar-refractivity contribution in [2.75, 3.05) is 6.61 Å². The summed E-state index contributed by atoms with van der Waals surface area (Å²) in [7, 11) is 0. The number of esters is 1. The van der Waals surface area contributed by atoms with Gasteiger partial charge >= 0.3 is 11.7 Å². The number of ether oxygens (including phenoxy) is 1. The lowest BCUT2D eigenvalue weighted by atomic mass is 10.1. The standard InChI is InChI=1S/C19H21N5O4/c1-5-28-14(25)9-23-16-15(17(20)26)21-12(4)22-18(16)24(19(23)27)13-7-6-10(2)11(3)8-13/h6-8H,5,9H2,1-4H3,(H2,20,26). The fourth-order valence-corrected chi connectivity index (χ4v) is 3.01. The van der Waals surface area contributed by atoms with Crippen LogP contribution in [0.2, 0.25) is 0 Å². The first kappa shape index (κ1) is 19.3. The topological polar surface area (TPSA) is 122 Å². The van der Waals surface area contributed by atoms with Crippen LogP contribution in [0, 0.1) is 20.8 Å². The number of aromatic nitrogens is 4. The fraction of sp³-hybridized carbons (Fsp3) is 0.316. The van der Waals surface area contributed by atoms with Crippen LogP contribution in [0.15, 0.2) is 23.0 Å². The number of fused-ring (bicyclic) bond motifs is 1. The second-order valence-corrected chi connectivity index (χ2v) is 6.43. The number of primary amides is 1. The van der Waals surface area contributed by atoms with E-state index in [1.165, 1.54) is 4.57 Å². The monoisotopic (exact) mass is 383 g/mol. The zero-order valence-electron chi connectivity index (χ0n) is 16.1. The van der Waals surface area contributed by atoms with E-state index in [1.807, 2.05) is 26.0 Å². The van der Waals surface area contributed by atoms with Crippen molar-refractivity contribution < 1.29 is 14.3 Å². The molecule has 0 saturated carbocycles. The minimum atomic E-state index is -0.814. The molecule has 1 aromatic carbocycles. The molecule has 0 fully saturated rings. The number of nitrogens with two attached hydrogens (primary N) is 1. The maximum absolute atomic E-state index is 13.2. The molecule has 0 spiro atoms. The van der Waals surface area contributed by atoms with Crippen molar-refractivity contribution in [3.8, 4) is 5.69 Å². The minimum absolute atomic E-state index is 0.106. The van der Waals surface area contributed by atoms with Gasteiger partial charge in [0, 0.05) is 0 Å². The molecule has 3 rings (SSSR count). The lowest BCUT2D eigenvalue weighted by Crippen LogP contribution is -2.28. The van der Waals surface area contributed by atoms with E-state index in [0.717, 1.165) is 15.7 Å². The highest BCUT2D eigenvalue weighted by Gasteiger charge is 2.24. The fourth-order valence-electron chi connectivity index (χ4n) is 3.01. The summed E-state index contributed by atoms with van der Waals surface area (Å²) in [5.74, 6) is -1.14. The molecular formula is C19H21N5O4. The quantitative estimate of drug-likeness (QED) is 0.660. The van der Waals surface area contributed by atoms with Gasteiger partial charge in [0.25, 0.3) is 5.91 Å². The van der Waals surface area contributed by atoms with Gasteiger partial charge < -0.3 is 10.5 Å². The highest BCUT2D eigenvalue weighted by atomic mass is 16.5. The Morgan fingerprint density at radius 3 is 2.46 bits per heavy atom. The van der Waals surface area contributed by atoms with Crippen molar-refractivity contribution in [3.63, 3.8) is 0 Å². The van der Waals surface area contributed by atoms with E-state index >= 15 is 0 Å². The van der Waals surface area contributed by atoms with E-state index in [2.05, 4.69) is 9.97 Å². The van der Waals surface area contributed by atoms with Crippen LogP contribution in [0.4, 0.5) is 0 Å². The molecule has 0 unspecified atom stereocenters. The number of benzene rings is 1.